The van der Waals surface area contributed by atoms with Crippen molar-refractivity contribution in [1.82, 2.24) is 34.5 Å². The lowest BCUT2D eigenvalue weighted by Crippen LogP contribution is -2.48. The van der Waals surface area contributed by atoms with Crippen molar-refractivity contribution in [2.75, 3.05) is 0 Å². The molecule has 8 nitrogen and oxygen atoms in total. The van der Waals surface area contributed by atoms with E-state index in [4.69, 9.17) is 32.6 Å². The number of alkyl halides is 3. The molecule has 0 aliphatic heterocycles. The summed E-state index contributed by atoms with van der Waals surface area (Å²) in [5, 5.41) is 13.2. The molecule has 0 N–H and O–H groups in total. The van der Waals surface area contributed by atoms with Crippen LogP contribution in [0.15, 0.2) is 64.6 Å². The van der Waals surface area contributed by atoms with Crippen LogP contribution in [0.4, 0.5) is 13.2 Å². The molecule has 0 spiro atoms. The quantitative estimate of drug-likeness (QED) is 0.267. The van der Waals surface area contributed by atoms with Crippen LogP contribution < -0.4 is 0 Å². The first-order chi connectivity index (χ1) is 18.3. The predicted octanol–water partition coefficient (Wildman–Crippen LogP) is 6.50. The lowest BCUT2D eigenvalue weighted by Gasteiger charge is -2.39. The molecule has 2 aliphatic carbocycles. The second-order valence-corrected chi connectivity index (χ2v) is 10.1. The number of halogens is 5. The Hall–Kier alpha value is -3.44. The predicted molar refractivity (Wildman–Crippen MR) is 133 cm³/mol. The van der Waals surface area contributed by atoms with E-state index in [9.17, 15) is 13.2 Å². The molecule has 1 saturated carbocycles. The number of nitrogens with zero attached hydrogens (tertiary/aromatic N) is 7. The van der Waals surface area contributed by atoms with Crippen molar-refractivity contribution in [1.29, 1.82) is 0 Å². The van der Waals surface area contributed by atoms with Crippen molar-refractivity contribution in [3.8, 4) is 23.0 Å². The van der Waals surface area contributed by atoms with Crippen molar-refractivity contribution in [3.05, 3.63) is 76.8 Å². The molecular weight excluding hydrogens is 542 g/mol. The molecule has 1 atom stereocenters. The third-order valence-electron chi connectivity index (χ3n) is 7.05. The maximum absolute atomic E-state index is 14.0. The topological polar surface area (TPSA) is 87.5 Å². The zero-order chi connectivity index (χ0) is 26.5. The van der Waals surface area contributed by atoms with Gasteiger partial charge in [0.1, 0.15) is 23.9 Å². The normalized spacial score (nSPS) is 18.9. The number of imidazole rings is 1. The zero-order valence-corrected chi connectivity index (χ0v) is 21.2. The van der Waals surface area contributed by atoms with Crippen LogP contribution in [0.1, 0.15) is 43.3 Å². The van der Waals surface area contributed by atoms with Crippen molar-refractivity contribution in [3.63, 3.8) is 0 Å². The highest BCUT2D eigenvalue weighted by molar-refractivity contribution is 6.33. The van der Waals surface area contributed by atoms with Crippen LogP contribution in [0.2, 0.25) is 5.02 Å². The number of aromatic nitrogens is 7. The third-order valence-corrected chi connectivity index (χ3v) is 7.66. The van der Waals surface area contributed by atoms with Gasteiger partial charge in [0.2, 0.25) is 5.89 Å². The van der Waals surface area contributed by atoms with Crippen LogP contribution in [0.25, 0.3) is 23.0 Å². The van der Waals surface area contributed by atoms with Crippen LogP contribution in [-0.4, -0.2) is 40.7 Å². The number of rotatable bonds is 6. The smallest absolute Gasteiger partial charge is 0.403 e. The molecule has 4 aromatic rings. The van der Waals surface area contributed by atoms with Crippen LogP contribution in [0.5, 0.6) is 0 Å². The minimum absolute atomic E-state index is 0.0940. The van der Waals surface area contributed by atoms with Gasteiger partial charge >= 0.3 is 6.18 Å². The summed E-state index contributed by atoms with van der Waals surface area (Å²) in [6.45, 7) is 0.191. The minimum atomic E-state index is -4.50. The monoisotopic (exact) mass is 561 g/mol. The molecule has 0 saturated heterocycles. The Kier molecular flexibility index (Phi) is 6.14. The average molecular weight is 562 g/mol. The number of hydrogen-bond donors (Lipinski definition) is 0. The second-order valence-electron chi connectivity index (χ2n) is 9.27. The van der Waals surface area contributed by atoms with E-state index in [0.29, 0.717) is 40.0 Å². The molecule has 38 heavy (non-hydrogen) atoms. The minimum Gasteiger partial charge on any atom is -0.418 e. The second kappa shape index (κ2) is 9.39. The summed E-state index contributed by atoms with van der Waals surface area (Å²) >= 11 is 12.8. The fourth-order valence-electron chi connectivity index (χ4n) is 4.88. The van der Waals surface area contributed by atoms with E-state index in [1.807, 2.05) is 28.9 Å². The molecule has 3 heterocycles. The van der Waals surface area contributed by atoms with E-state index >= 15 is 0 Å². The van der Waals surface area contributed by atoms with Gasteiger partial charge in [0.15, 0.2) is 5.69 Å². The Morgan fingerprint density at radius 1 is 1.13 bits per heavy atom. The van der Waals surface area contributed by atoms with Crippen LogP contribution in [0.3, 0.4) is 0 Å². The number of allylic oxidation sites excluding steroid dienone is 4. The molecular formula is C25H20Cl2F3N7O. The fourth-order valence-corrected chi connectivity index (χ4v) is 5.26. The van der Waals surface area contributed by atoms with Crippen LogP contribution in [-0.2, 0) is 12.0 Å². The van der Waals surface area contributed by atoms with Gasteiger partial charge in [0, 0.05) is 10.6 Å². The highest BCUT2D eigenvalue weighted by Crippen LogP contribution is 2.54. The van der Waals surface area contributed by atoms with Gasteiger partial charge in [0.25, 0.3) is 5.89 Å². The van der Waals surface area contributed by atoms with Crippen molar-refractivity contribution in [2.45, 2.75) is 49.9 Å². The maximum Gasteiger partial charge on any atom is 0.403 e. The first-order valence-electron chi connectivity index (χ1n) is 11.9. The van der Waals surface area contributed by atoms with Crippen molar-refractivity contribution < 1.29 is 17.6 Å². The molecule has 2 aliphatic rings. The largest absolute Gasteiger partial charge is 0.418 e. The van der Waals surface area contributed by atoms with E-state index in [2.05, 4.69) is 20.3 Å². The Morgan fingerprint density at radius 2 is 1.95 bits per heavy atom. The van der Waals surface area contributed by atoms with Gasteiger partial charge in [-0.15, -0.1) is 10.2 Å². The van der Waals surface area contributed by atoms with Crippen molar-refractivity contribution in [2.24, 2.45) is 0 Å². The van der Waals surface area contributed by atoms with Crippen LogP contribution >= 0.6 is 23.2 Å². The van der Waals surface area contributed by atoms with E-state index in [0.717, 1.165) is 0 Å². The molecule has 13 heteroatoms. The molecule has 0 amide bonds. The van der Waals surface area contributed by atoms with Gasteiger partial charge in [-0.05, 0) is 37.5 Å². The average Bonchev–Trinajstić information content (AvgIpc) is 3.60. The molecule has 1 fully saturated rings. The zero-order valence-electron chi connectivity index (χ0n) is 19.7. The van der Waals surface area contributed by atoms with E-state index in [1.54, 1.807) is 22.9 Å². The molecule has 3 aromatic heterocycles. The van der Waals surface area contributed by atoms with Crippen LogP contribution in [0, 0.1) is 0 Å². The van der Waals surface area contributed by atoms with Gasteiger partial charge < -0.3 is 8.98 Å². The standard InChI is InChI=1S/C25H20Cl2F3N7O/c26-15-6-8-16(9-7-15)37-19(12-36-14-31-13-32-36)20(33-21(37)17-4-1-2-5-18(17)27)22-34-35-23(38-22)24(10-3-11-24)25(28,29)30/h1-2,4-8,13-14,16H,3,9-12H2. The highest BCUT2D eigenvalue weighted by Gasteiger charge is 2.63. The lowest BCUT2D eigenvalue weighted by atomic mass is 9.68. The Balaban J connectivity index is 1.55. The van der Waals surface area contributed by atoms with Gasteiger partial charge in [-0.1, -0.05) is 53.9 Å². The van der Waals surface area contributed by atoms with E-state index in [1.165, 1.54) is 12.7 Å². The lowest BCUT2D eigenvalue weighted by molar-refractivity contribution is -0.219. The Morgan fingerprint density at radius 3 is 2.58 bits per heavy atom. The van der Waals surface area contributed by atoms with Gasteiger partial charge in [-0.25, -0.2) is 14.6 Å². The van der Waals surface area contributed by atoms with Gasteiger partial charge in [0.05, 0.1) is 23.3 Å². The fraction of sp³-hybridized carbons (Fsp3) is 0.320. The molecule has 1 aromatic carbocycles. The van der Waals surface area contributed by atoms with E-state index in [-0.39, 0.29) is 37.0 Å². The SMILES string of the molecule is FC(F)(F)C1(c2nnc(-c3nc(-c4ccccc4Cl)n(C4C=CC(Cl)=CC4)c3Cn3cncn3)o2)CCC1. The van der Waals surface area contributed by atoms with E-state index < -0.39 is 17.5 Å². The summed E-state index contributed by atoms with van der Waals surface area (Å²) in [5.74, 6) is -0.0548. The van der Waals surface area contributed by atoms with Gasteiger partial charge in [-0.2, -0.15) is 18.3 Å². The molecule has 0 bridgehead atoms. The summed E-state index contributed by atoms with van der Waals surface area (Å²) in [4.78, 5) is 8.86. The Labute approximate surface area is 224 Å². The third kappa shape index (κ3) is 4.14. The van der Waals surface area contributed by atoms with Crippen molar-refractivity contribution >= 4 is 23.2 Å². The van der Waals surface area contributed by atoms with Gasteiger partial charge in [-0.3, -0.25) is 0 Å². The molecule has 0 radical (unpaired) electrons. The first kappa shape index (κ1) is 24.9. The molecule has 196 valence electrons. The highest BCUT2D eigenvalue weighted by atomic mass is 35.5. The summed E-state index contributed by atoms with van der Waals surface area (Å²) in [5.41, 5.74) is -0.650. The number of hydrogen-bond acceptors (Lipinski definition) is 6. The summed E-state index contributed by atoms with van der Waals surface area (Å²) in [6.07, 6.45) is 4.85. The summed E-state index contributed by atoms with van der Waals surface area (Å²) in [7, 11) is 0. The Bertz CT molecular complexity index is 1530. The molecule has 1 unspecified atom stereocenters. The summed E-state index contributed by atoms with van der Waals surface area (Å²) in [6, 6.07) is 6.98. The summed E-state index contributed by atoms with van der Waals surface area (Å²) < 4.78 is 51.3. The number of benzene rings is 1. The maximum atomic E-state index is 14.0. The molecule has 6 rings (SSSR count). The first-order valence-corrected chi connectivity index (χ1v) is 12.7.